The van der Waals surface area contributed by atoms with Crippen LogP contribution in [0.3, 0.4) is 0 Å². The average molecular weight is 220 g/mol. The van der Waals surface area contributed by atoms with Crippen LogP contribution in [0.1, 0.15) is 53.4 Å². The lowest BCUT2D eigenvalue weighted by Gasteiger charge is -2.56. The molecule has 0 aromatic carbocycles. The number of allylic oxidation sites excluding steroid dienone is 1. The number of ether oxygens (including phenoxy) is 1. The van der Waals surface area contributed by atoms with E-state index in [0.29, 0.717) is 23.0 Å². The first-order valence-electron chi connectivity index (χ1n) is 6.80. The minimum Gasteiger partial charge on any atom is -0.370 e. The Labute approximate surface area is 99.3 Å². The van der Waals surface area contributed by atoms with Crippen molar-refractivity contribution in [2.75, 3.05) is 0 Å². The standard InChI is InChI=1S/C15H24O/c1-10-5-7-15(4)13(9-10)16-12-6-8-14(15,3)11(12)2/h9,11-13H,5-8H2,1-4H3/t11?,12-,13-,14+,15+/m1/s1. The molecular formula is C15H24O. The maximum absolute atomic E-state index is 6.36. The van der Waals surface area contributed by atoms with E-state index < -0.39 is 0 Å². The van der Waals surface area contributed by atoms with Crippen LogP contribution >= 0.6 is 0 Å². The van der Waals surface area contributed by atoms with Gasteiger partial charge in [-0.05, 0) is 43.9 Å². The van der Waals surface area contributed by atoms with Crippen molar-refractivity contribution in [2.45, 2.75) is 65.6 Å². The predicted octanol–water partition coefficient (Wildman–Crippen LogP) is 3.94. The van der Waals surface area contributed by atoms with E-state index in [1.807, 2.05) is 0 Å². The molecule has 1 saturated carbocycles. The second kappa shape index (κ2) is 3.13. The maximum atomic E-state index is 6.36. The zero-order chi connectivity index (χ0) is 11.6. The Hall–Kier alpha value is -0.300. The molecule has 90 valence electrons. The van der Waals surface area contributed by atoms with Gasteiger partial charge in [-0.2, -0.15) is 0 Å². The summed E-state index contributed by atoms with van der Waals surface area (Å²) >= 11 is 0. The predicted molar refractivity (Wildman–Crippen MR) is 66.3 cm³/mol. The van der Waals surface area contributed by atoms with Crippen molar-refractivity contribution in [2.24, 2.45) is 16.7 Å². The molecule has 1 saturated heterocycles. The Morgan fingerprint density at radius 2 is 2.00 bits per heavy atom. The van der Waals surface area contributed by atoms with Gasteiger partial charge in [0.1, 0.15) is 0 Å². The molecule has 0 radical (unpaired) electrons. The minimum atomic E-state index is 0.374. The molecule has 0 aromatic heterocycles. The van der Waals surface area contributed by atoms with Crippen molar-refractivity contribution in [1.82, 2.24) is 0 Å². The summed E-state index contributed by atoms with van der Waals surface area (Å²) in [7, 11) is 0. The summed E-state index contributed by atoms with van der Waals surface area (Å²) in [4.78, 5) is 0. The van der Waals surface area contributed by atoms with E-state index in [0.717, 1.165) is 5.92 Å². The zero-order valence-electron chi connectivity index (χ0n) is 11.0. The fourth-order valence-corrected chi connectivity index (χ4v) is 4.43. The molecule has 1 nitrogen and oxygen atoms in total. The van der Waals surface area contributed by atoms with Crippen molar-refractivity contribution in [3.63, 3.8) is 0 Å². The van der Waals surface area contributed by atoms with Crippen LogP contribution in [0.25, 0.3) is 0 Å². The van der Waals surface area contributed by atoms with E-state index in [4.69, 9.17) is 4.74 Å². The molecule has 2 fully saturated rings. The molecule has 1 aliphatic heterocycles. The highest BCUT2D eigenvalue weighted by Gasteiger charge is 2.61. The van der Waals surface area contributed by atoms with Crippen LogP contribution in [0.2, 0.25) is 0 Å². The number of hydrogen-bond acceptors (Lipinski definition) is 1. The molecule has 0 spiro atoms. The highest BCUT2D eigenvalue weighted by molar-refractivity contribution is 5.20. The van der Waals surface area contributed by atoms with Crippen LogP contribution < -0.4 is 0 Å². The summed E-state index contributed by atoms with van der Waals surface area (Å²) in [6.45, 7) is 9.65. The van der Waals surface area contributed by atoms with E-state index in [-0.39, 0.29) is 0 Å². The summed E-state index contributed by atoms with van der Waals surface area (Å²) in [5.41, 5.74) is 2.40. The van der Waals surface area contributed by atoms with Gasteiger partial charge in [-0.3, -0.25) is 0 Å². The third-order valence-corrected chi connectivity index (χ3v) is 6.24. The largest absolute Gasteiger partial charge is 0.370 e. The minimum absolute atomic E-state index is 0.374. The Morgan fingerprint density at radius 1 is 1.25 bits per heavy atom. The van der Waals surface area contributed by atoms with Crippen LogP contribution in [0.5, 0.6) is 0 Å². The van der Waals surface area contributed by atoms with E-state index in [9.17, 15) is 0 Å². The van der Waals surface area contributed by atoms with Gasteiger partial charge in [0.05, 0.1) is 12.2 Å². The topological polar surface area (TPSA) is 9.23 Å². The highest BCUT2D eigenvalue weighted by Crippen LogP contribution is 2.64. The van der Waals surface area contributed by atoms with Gasteiger partial charge in [-0.15, -0.1) is 0 Å². The molecule has 0 amide bonds. The first kappa shape index (κ1) is 10.8. The molecule has 3 rings (SSSR count). The first-order valence-corrected chi connectivity index (χ1v) is 6.80. The third-order valence-electron chi connectivity index (χ3n) is 6.24. The molecule has 1 heteroatoms. The van der Waals surface area contributed by atoms with Gasteiger partial charge in [0.2, 0.25) is 0 Å². The molecule has 1 unspecified atom stereocenters. The smallest absolute Gasteiger partial charge is 0.0821 e. The van der Waals surface area contributed by atoms with Gasteiger partial charge in [-0.25, -0.2) is 0 Å². The van der Waals surface area contributed by atoms with E-state index in [1.54, 1.807) is 0 Å². The average Bonchev–Trinajstić information content (AvgIpc) is 2.46. The van der Waals surface area contributed by atoms with Gasteiger partial charge < -0.3 is 4.74 Å². The molecular weight excluding hydrogens is 196 g/mol. The lowest BCUT2D eigenvalue weighted by molar-refractivity contribution is -0.177. The molecule has 3 aliphatic rings. The molecule has 2 bridgehead atoms. The third kappa shape index (κ3) is 1.11. The number of hydrogen-bond donors (Lipinski definition) is 0. The van der Waals surface area contributed by atoms with Crippen molar-refractivity contribution < 1.29 is 4.74 Å². The van der Waals surface area contributed by atoms with Crippen LogP contribution in [-0.2, 0) is 4.74 Å². The molecule has 5 atom stereocenters. The zero-order valence-corrected chi connectivity index (χ0v) is 11.0. The van der Waals surface area contributed by atoms with Crippen molar-refractivity contribution in [3.8, 4) is 0 Å². The van der Waals surface area contributed by atoms with E-state index in [2.05, 4.69) is 33.8 Å². The van der Waals surface area contributed by atoms with Crippen LogP contribution in [0.4, 0.5) is 0 Å². The first-order chi connectivity index (χ1) is 7.47. The Balaban J connectivity index is 2.06. The fourth-order valence-electron chi connectivity index (χ4n) is 4.43. The summed E-state index contributed by atoms with van der Waals surface area (Å²) < 4.78 is 6.36. The van der Waals surface area contributed by atoms with Crippen molar-refractivity contribution >= 4 is 0 Å². The number of rotatable bonds is 0. The molecule has 2 aliphatic carbocycles. The molecule has 1 heterocycles. The van der Waals surface area contributed by atoms with Gasteiger partial charge in [-0.1, -0.05) is 32.4 Å². The summed E-state index contributed by atoms with van der Waals surface area (Å²) in [6, 6.07) is 0. The van der Waals surface area contributed by atoms with Crippen molar-refractivity contribution in [3.05, 3.63) is 11.6 Å². The van der Waals surface area contributed by atoms with Gasteiger partial charge in [0, 0.05) is 5.41 Å². The number of fused-ring (bicyclic) bond motifs is 4. The summed E-state index contributed by atoms with van der Waals surface area (Å²) in [6.07, 6.45) is 8.53. The van der Waals surface area contributed by atoms with Crippen LogP contribution in [-0.4, -0.2) is 12.2 Å². The van der Waals surface area contributed by atoms with Crippen LogP contribution in [0, 0.1) is 16.7 Å². The Bertz CT molecular complexity index is 345. The van der Waals surface area contributed by atoms with Crippen molar-refractivity contribution in [1.29, 1.82) is 0 Å². The SMILES string of the molecule is CC1=C[C@H]2O[C@@H]3CC[C@@](C)(C3C)[C@@]2(C)CC1. The summed E-state index contributed by atoms with van der Waals surface area (Å²) in [5.74, 6) is 0.737. The second-order valence-corrected chi connectivity index (χ2v) is 6.77. The Morgan fingerprint density at radius 3 is 2.75 bits per heavy atom. The lowest BCUT2D eigenvalue weighted by atomic mass is 9.53. The van der Waals surface area contributed by atoms with Gasteiger partial charge in [0.15, 0.2) is 0 Å². The Kier molecular flexibility index (Phi) is 2.12. The van der Waals surface area contributed by atoms with E-state index in [1.165, 1.54) is 31.3 Å². The normalized spacial score (nSPS) is 55.8. The highest BCUT2D eigenvalue weighted by atomic mass is 16.5. The van der Waals surface area contributed by atoms with Crippen LogP contribution in [0.15, 0.2) is 11.6 Å². The second-order valence-electron chi connectivity index (χ2n) is 6.77. The molecule has 0 N–H and O–H groups in total. The molecule has 16 heavy (non-hydrogen) atoms. The maximum Gasteiger partial charge on any atom is 0.0821 e. The fraction of sp³-hybridized carbons (Fsp3) is 0.867. The lowest BCUT2D eigenvalue weighted by Crippen LogP contribution is -2.55. The summed E-state index contributed by atoms with van der Waals surface area (Å²) in [5, 5.41) is 0. The molecule has 0 aromatic rings. The van der Waals surface area contributed by atoms with Gasteiger partial charge >= 0.3 is 0 Å². The van der Waals surface area contributed by atoms with E-state index >= 15 is 0 Å². The quantitative estimate of drug-likeness (QED) is 0.562. The van der Waals surface area contributed by atoms with Gasteiger partial charge in [0.25, 0.3) is 0 Å². The monoisotopic (exact) mass is 220 g/mol.